The van der Waals surface area contributed by atoms with E-state index in [1.54, 1.807) is 0 Å². The summed E-state index contributed by atoms with van der Waals surface area (Å²) >= 11 is 0. The maximum Gasteiger partial charge on any atom is 0.177 e. The molecule has 0 saturated carbocycles. The van der Waals surface area contributed by atoms with Crippen LogP contribution in [0.3, 0.4) is 0 Å². The molecule has 0 aromatic carbocycles. The minimum atomic E-state index is 0.686. The van der Waals surface area contributed by atoms with Gasteiger partial charge in [-0.3, -0.25) is 4.98 Å². The summed E-state index contributed by atoms with van der Waals surface area (Å²) in [5, 5.41) is 7.83. The molecule has 0 bridgehead atoms. The van der Waals surface area contributed by atoms with Crippen molar-refractivity contribution in [1.82, 2.24) is 24.6 Å². The zero-order chi connectivity index (χ0) is 17.8. The van der Waals surface area contributed by atoms with Crippen molar-refractivity contribution < 1.29 is 4.74 Å². The van der Waals surface area contributed by atoms with Crippen molar-refractivity contribution >= 4 is 11.5 Å². The predicted molar refractivity (Wildman–Crippen MR) is 97.2 cm³/mol. The number of nitrogens with one attached hydrogen (secondary N) is 1. The first-order chi connectivity index (χ1) is 12.2. The van der Waals surface area contributed by atoms with E-state index < -0.39 is 0 Å². The summed E-state index contributed by atoms with van der Waals surface area (Å²) in [6.45, 7) is 9.41. The molecule has 0 amide bonds. The summed E-state index contributed by atoms with van der Waals surface area (Å²) in [6, 6.07) is 3.97. The Morgan fingerprint density at radius 1 is 1.16 bits per heavy atom. The molecule has 4 heterocycles. The second kappa shape index (κ2) is 7.46. The molecule has 7 nitrogen and oxygen atoms in total. The largest absolute Gasteiger partial charge is 0.488 e. The first kappa shape index (κ1) is 17.1. The molecule has 3 aromatic rings. The number of aryl methyl sites for hydroxylation is 4. The third-order valence-electron chi connectivity index (χ3n) is 3.93. The van der Waals surface area contributed by atoms with Gasteiger partial charge in [-0.15, -0.1) is 0 Å². The Hall–Kier alpha value is -2.70. The quantitative estimate of drug-likeness (QED) is 0.790. The smallest absolute Gasteiger partial charge is 0.177 e. The first-order valence-corrected chi connectivity index (χ1v) is 8.75. The van der Waals surface area contributed by atoms with Crippen molar-refractivity contribution in [3.63, 3.8) is 0 Å². The number of pyridine rings is 1. The van der Waals surface area contributed by atoms with Crippen LogP contribution in [0.15, 0.2) is 18.3 Å². The fourth-order valence-corrected chi connectivity index (χ4v) is 2.68. The van der Waals surface area contributed by atoms with Crippen molar-refractivity contribution in [1.29, 1.82) is 0 Å². The van der Waals surface area contributed by atoms with Gasteiger partial charge in [0, 0.05) is 18.3 Å². The fourth-order valence-electron chi connectivity index (χ4n) is 2.68. The van der Waals surface area contributed by atoms with Crippen LogP contribution in [-0.2, 0) is 12.8 Å². The zero-order valence-electron chi connectivity index (χ0n) is 15.2. The number of rotatable bonds is 3. The van der Waals surface area contributed by atoms with E-state index in [2.05, 4.69) is 25.4 Å². The van der Waals surface area contributed by atoms with E-state index in [0.29, 0.717) is 6.61 Å². The highest BCUT2D eigenvalue weighted by Crippen LogP contribution is 2.25. The highest BCUT2D eigenvalue weighted by atomic mass is 16.5. The SMILES string of the molecule is CC.Cc1ncc(C)n2nc(CCc3ccc4c(n3)NCCO4)nc12. The van der Waals surface area contributed by atoms with Gasteiger partial charge in [0.05, 0.1) is 17.9 Å². The van der Waals surface area contributed by atoms with Gasteiger partial charge in [0.15, 0.2) is 23.0 Å². The molecule has 4 rings (SSSR count). The molecule has 0 unspecified atom stereocenters. The lowest BCUT2D eigenvalue weighted by molar-refractivity contribution is 0.321. The van der Waals surface area contributed by atoms with E-state index in [1.165, 1.54) is 0 Å². The van der Waals surface area contributed by atoms with Crippen molar-refractivity contribution in [2.24, 2.45) is 0 Å². The molecule has 1 aliphatic heterocycles. The molecular weight excluding hydrogens is 316 g/mol. The lowest BCUT2D eigenvalue weighted by Gasteiger charge is -2.18. The second-order valence-corrected chi connectivity index (χ2v) is 5.67. The Kier molecular flexibility index (Phi) is 5.11. The van der Waals surface area contributed by atoms with Crippen molar-refractivity contribution in [3.8, 4) is 5.75 Å². The number of ether oxygens (including phenoxy) is 1. The third kappa shape index (κ3) is 3.55. The molecule has 0 radical (unpaired) electrons. The normalized spacial score (nSPS) is 12.6. The van der Waals surface area contributed by atoms with Gasteiger partial charge in [0.2, 0.25) is 0 Å². The van der Waals surface area contributed by atoms with Crippen molar-refractivity contribution in [2.45, 2.75) is 40.5 Å². The summed E-state index contributed by atoms with van der Waals surface area (Å²) in [4.78, 5) is 13.5. The molecule has 1 N–H and O–H groups in total. The number of anilines is 1. The van der Waals surface area contributed by atoms with Crippen LogP contribution in [0.2, 0.25) is 0 Å². The van der Waals surface area contributed by atoms with Gasteiger partial charge in [0.25, 0.3) is 0 Å². The highest BCUT2D eigenvalue weighted by molar-refractivity contribution is 5.52. The lowest BCUT2D eigenvalue weighted by atomic mass is 10.2. The van der Waals surface area contributed by atoms with E-state index in [0.717, 1.165) is 59.5 Å². The summed E-state index contributed by atoms with van der Waals surface area (Å²) in [6.07, 6.45) is 3.35. The van der Waals surface area contributed by atoms with Gasteiger partial charge in [-0.1, -0.05) is 13.8 Å². The molecule has 7 heteroatoms. The van der Waals surface area contributed by atoms with Crippen LogP contribution in [0.25, 0.3) is 5.65 Å². The monoisotopic (exact) mass is 340 g/mol. The van der Waals surface area contributed by atoms with E-state index >= 15 is 0 Å². The van der Waals surface area contributed by atoms with Gasteiger partial charge in [-0.05, 0) is 32.4 Å². The Balaban J connectivity index is 0.000000880. The van der Waals surface area contributed by atoms with Crippen molar-refractivity contribution in [2.75, 3.05) is 18.5 Å². The van der Waals surface area contributed by atoms with E-state index in [-0.39, 0.29) is 0 Å². The number of aromatic nitrogens is 5. The highest BCUT2D eigenvalue weighted by Gasteiger charge is 2.13. The fraction of sp³-hybridized carbons (Fsp3) is 0.444. The van der Waals surface area contributed by atoms with Gasteiger partial charge in [-0.25, -0.2) is 14.5 Å². The number of hydrogen-bond acceptors (Lipinski definition) is 6. The third-order valence-corrected chi connectivity index (χ3v) is 3.93. The molecule has 0 spiro atoms. The molecule has 0 atom stereocenters. The van der Waals surface area contributed by atoms with Crippen LogP contribution in [0.5, 0.6) is 5.75 Å². The Morgan fingerprint density at radius 2 is 2.00 bits per heavy atom. The molecule has 132 valence electrons. The van der Waals surface area contributed by atoms with Crippen molar-refractivity contribution in [3.05, 3.63) is 41.2 Å². The van der Waals surface area contributed by atoms with Crippen LogP contribution in [0.1, 0.15) is 36.8 Å². The minimum Gasteiger partial charge on any atom is -0.488 e. The topological polar surface area (TPSA) is 77.2 Å². The predicted octanol–water partition coefficient (Wildman–Crippen LogP) is 2.75. The Bertz CT molecular complexity index is 834. The maximum absolute atomic E-state index is 5.55. The van der Waals surface area contributed by atoms with Gasteiger partial charge >= 0.3 is 0 Å². The lowest BCUT2D eigenvalue weighted by Crippen LogP contribution is -2.19. The molecular formula is C18H24N6O. The van der Waals surface area contributed by atoms with Crippen LogP contribution in [-0.4, -0.2) is 37.7 Å². The molecule has 0 saturated heterocycles. The second-order valence-electron chi connectivity index (χ2n) is 5.67. The molecule has 1 aliphatic rings. The van der Waals surface area contributed by atoms with Gasteiger partial charge in [-0.2, -0.15) is 5.10 Å². The molecule has 0 aliphatic carbocycles. The summed E-state index contributed by atoms with van der Waals surface area (Å²) in [7, 11) is 0. The average Bonchev–Trinajstić information content (AvgIpc) is 3.10. The maximum atomic E-state index is 5.55. The van der Waals surface area contributed by atoms with E-state index in [9.17, 15) is 0 Å². The van der Waals surface area contributed by atoms with Gasteiger partial charge < -0.3 is 10.1 Å². The molecule has 3 aromatic heterocycles. The van der Waals surface area contributed by atoms with Crippen LogP contribution < -0.4 is 10.1 Å². The molecule has 25 heavy (non-hydrogen) atoms. The first-order valence-electron chi connectivity index (χ1n) is 8.75. The van der Waals surface area contributed by atoms with Crippen LogP contribution in [0.4, 0.5) is 5.82 Å². The molecule has 0 fully saturated rings. The number of fused-ring (bicyclic) bond motifs is 2. The standard InChI is InChI=1S/C16H18N6O.C2H6/c1-10-9-18-11(2)16-20-14(21-22(10)16)6-4-12-3-5-13-15(19-12)17-7-8-23-13;1-2/h3,5,9H,4,6-8H2,1-2H3,(H,17,19);1-2H3. The average molecular weight is 340 g/mol. The number of nitrogens with zero attached hydrogens (tertiary/aromatic N) is 5. The summed E-state index contributed by atoms with van der Waals surface area (Å²) < 4.78 is 7.40. The minimum absolute atomic E-state index is 0.686. The summed E-state index contributed by atoms with van der Waals surface area (Å²) in [5.74, 6) is 2.46. The Labute approximate surface area is 147 Å². The van der Waals surface area contributed by atoms with Crippen LogP contribution >= 0.6 is 0 Å². The van der Waals surface area contributed by atoms with E-state index in [1.807, 2.05) is 50.5 Å². The zero-order valence-corrected chi connectivity index (χ0v) is 15.2. The number of hydrogen-bond donors (Lipinski definition) is 1. The van der Waals surface area contributed by atoms with E-state index in [4.69, 9.17) is 4.74 Å². The summed E-state index contributed by atoms with van der Waals surface area (Å²) in [5.41, 5.74) is 3.71. The Morgan fingerprint density at radius 3 is 2.80 bits per heavy atom. The van der Waals surface area contributed by atoms with Gasteiger partial charge in [0.1, 0.15) is 6.61 Å². The van der Waals surface area contributed by atoms with Crippen LogP contribution in [0, 0.1) is 13.8 Å².